The highest BCUT2D eigenvalue weighted by molar-refractivity contribution is 5.95. The third-order valence-corrected chi connectivity index (χ3v) is 6.34. The number of anilines is 2. The zero-order valence-electron chi connectivity index (χ0n) is 19.0. The molecule has 2 aromatic heterocycles. The molecule has 4 aromatic rings. The standard InChI is InChI=1S/C26H24N6O3/c1-15-22(30-21-4-2-3-20(29-21)24(27)31-28)23(35-32-15)18-7-5-16(6-8-18)17-9-11-19(12-10-17)26(13-14-26)25(33)34/h2-12H,13-14,28H2,1H3,(H2,27,31)(H,29,30)(H,33,34). The SMILES string of the molecule is Cc1noc(-c2ccc(-c3ccc(C4(C(=O)O)CC4)cc3)cc2)c1Nc1cccc(/C(N)=N/N)n1. The second-order valence-electron chi connectivity index (χ2n) is 8.56. The van der Waals surface area contributed by atoms with Crippen molar-refractivity contribution in [3.05, 3.63) is 83.7 Å². The summed E-state index contributed by atoms with van der Waals surface area (Å²) in [6.45, 7) is 1.84. The van der Waals surface area contributed by atoms with E-state index < -0.39 is 11.4 Å². The second kappa shape index (κ2) is 8.60. The number of rotatable bonds is 7. The monoisotopic (exact) mass is 468 g/mol. The van der Waals surface area contributed by atoms with E-state index in [9.17, 15) is 9.90 Å². The fourth-order valence-corrected chi connectivity index (χ4v) is 4.10. The molecule has 0 unspecified atom stereocenters. The van der Waals surface area contributed by atoms with Crippen LogP contribution in [0, 0.1) is 6.92 Å². The molecule has 1 saturated carbocycles. The van der Waals surface area contributed by atoms with Gasteiger partial charge in [-0.25, -0.2) is 4.98 Å². The number of amidine groups is 1. The number of aryl methyl sites for hydroxylation is 1. The Morgan fingerprint density at radius 3 is 2.26 bits per heavy atom. The molecule has 9 nitrogen and oxygen atoms in total. The van der Waals surface area contributed by atoms with Crippen molar-refractivity contribution in [2.24, 2.45) is 16.7 Å². The Balaban J connectivity index is 1.38. The number of carbonyl (C=O) groups is 1. The van der Waals surface area contributed by atoms with Crippen molar-refractivity contribution in [2.45, 2.75) is 25.2 Å². The number of aromatic nitrogens is 2. The number of nitrogens with zero attached hydrogens (tertiary/aromatic N) is 3. The topological polar surface area (TPSA) is 153 Å². The molecule has 5 rings (SSSR count). The lowest BCUT2D eigenvalue weighted by atomic mass is 9.93. The van der Waals surface area contributed by atoms with Crippen molar-refractivity contribution >= 4 is 23.3 Å². The molecule has 2 aromatic carbocycles. The van der Waals surface area contributed by atoms with Crippen LogP contribution in [0.1, 0.15) is 29.8 Å². The Bertz CT molecular complexity index is 1420. The number of pyridine rings is 1. The Hall–Kier alpha value is -4.66. The molecular formula is C26H24N6O3. The van der Waals surface area contributed by atoms with Crippen LogP contribution in [0.3, 0.4) is 0 Å². The molecule has 0 spiro atoms. The van der Waals surface area contributed by atoms with Crippen LogP contribution in [0.15, 0.2) is 76.4 Å². The molecule has 1 fully saturated rings. The highest BCUT2D eigenvalue weighted by atomic mass is 16.5. The lowest BCUT2D eigenvalue weighted by Crippen LogP contribution is -2.19. The molecule has 0 amide bonds. The first-order valence-corrected chi connectivity index (χ1v) is 11.1. The first-order valence-electron chi connectivity index (χ1n) is 11.1. The Morgan fingerprint density at radius 1 is 1.03 bits per heavy atom. The van der Waals surface area contributed by atoms with E-state index in [1.165, 1.54) is 0 Å². The predicted octanol–water partition coefficient (Wildman–Crippen LogP) is 4.15. The molecule has 35 heavy (non-hydrogen) atoms. The lowest BCUT2D eigenvalue weighted by Gasteiger charge is -2.11. The van der Waals surface area contributed by atoms with E-state index in [-0.39, 0.29) is 5.84 Å². The summed E-state index contributed by atoms with van der Waals surface area (Å²) >= 11 is 0. The lowest BCUT2D eigenvalue weighted by molar-refractivity contribution is -0.140. The van der Waals surface area contributed by atoms with E-state index in [1.54, 1.807) is 18.2 Å². The average Bonchev–Trinajstić information content (AvgIpc) is 3.63. The Kier molecular flexibility index (Phi) is 5.44. The first-order chi connectivity index (χ1) is 16.9. The van der Waals surface area contributed by atoms with Crippen LogP contribution >= 0.6 is 0 Å². The number of hydrogen-bond donors (Lipinski definition) is 4. The van der Waals surface area contributed by atoms with Crippen LogP contribution in [-0.2, 0) is 10.2 Å². The van der Waals surface area contributed by atoms with Crippen molar-refractivity contribution in [3.8, 4) is 22.5 Å². The molecule has 1 aliphatic rings. The molecule has 9 heteroatoms. The van der Waals surface area contributed by atoms with E-state index in [4.69, 9.17) is 16.1 Å². The van der Waals surface area contributed by atoms with Crippen LogP contribution in [0.2, 0.25) is 0 Å². The van der Waals surface area contributed by atoms with Crippen LogP contribution in [0.4, 0.5) is 11.5 Å². The van der Waals surface area contributed by atoms with Crippen molar-refractivity contribution < 1.29 is 14.4 Å². The van der Waals surface area contributed by atoms with Crippen molar-refractivity contribution in [2.75, 3.05) is 5.32 Å². The fraction of sp³-hybridized carbons (Fsp3) is 0.154. The molecule has 0 aliphatic heterocycles. The first kappa shape index (κ1) is 22.1. The number of hydrogen-bond acceptors (Lipinski definition) is 7. The molecule has 1 aliphatic carbocycles. The summed E-state index contributed by atoms with van der Waals surface area (Å²) in [5, 5.41) is 20.4. The zero-order chi connectivity index (χ0) is 24.6. The number of carboxylic acids is 1. The summed E-state index contributed by atoms with van der Waals surface area (Å²) in [5.41, 5.74) is 10.6. The van der Waals surface area contributed by atoms with Crippen LogP contribution in [0.25, 0.3) is 22.5 Å². The molecule has 0 bridgehead atoms. The number of carboxylic acid groups (broad SMARTS) is 1. The van der Waals surface area contributed by atoms with E-state index in [0.29, 0.717) is 41.5 Å². The van der Waals surface area contributed by atoms with Gasteiger partial charge in [-0.2, -0.15) is 5.10 Å². The van der Waals surface area contributed by atoms with Crippen molar-refractivity contribution in [1.82, 2.24) is 10.1 Å². The van der Waals surface area contributed by atoms with Gasteiger partial charge in [-0.3, -0.25) is 4.79 Å². The van der Waals surface area contributed by atoms with Crippen LogP contribution in [-0.4, -0.2) is 27.1 Å². The summed E-state index contributed by atoms with van der Waals surface area (Å²) < 4.78 is 5.62. The van der Waals surface area contributed by atoms with Crippen LogP contribution in [0.5, 0.6) is 0 Å². The zero-order valence-corrected chi connectivity index (χ0v) is 19.0. The third-order valence-electron chi connectivity index (χ3n) is 6.34. The van der Waals surface area contributed by atoms with Gasteiger partial charge >= 0.3 is 5.97 Å². The highest BCUT2D eigenvalue weighted by Gasteiger charge is 2.51. The molecule has 0 atom stereocenters. The maximum atomic E-state index is 11.6. The van der Waals surface area contributed by atoms with E-state index in [1.807, 2.05) is 55.5 Å². The van der Waals surface area contributed by atoms with Gasteiger partial charge in [-0.1, -0.05) is 59.8 Å². The van der Waals surface area contributed by atoms with Gasteiger partial charge in [0.1, 0.15) is 22.9 Å². The number of nitrogens with one attached hydrogen (secondary N) is 1. The van der Waals surface area contributed by atoms with Gasteiger partial charge in [0.15, 0.2) is 11.6 Å². The molecule has 176 valence electrons. The average molecular weight is 469 g/mol. The van der Waals surface area contributed by atoms with Gasteiger partial charge in [0.2, 0.25) is 0 Å². The number of benzene rings is 2. The van der Waals surface area contributed by atoms with E-state index in [2.05, 4.69) is 20.6 Å². The summed E-state index contributed by atoms with van der Waals surface area (Å²) in [6, 6.07) is 21.0. The minimum absolute atomic E-state index is 0.134. The number of aliphatic carboxylic acids is 1. The Morgan fingerprint density at radius 2 is 1.66 bits per heavy atom. The largest absolute Gasteiger partial charge is 0.481 e. The summed E-state index contributed by atoms with van der Waals surface area (Å²) in [4.78, 5) is 16.0. The smallest absolute Gasteiger partial charge is 0.314 e. The second-order valence-corrected chi connectivity index (χ2v) is 8.56. The van der Waals surface area contributed by atoms with Gasteiger partial charge in [0, 0.05) is 5.56 Å². The predicted molar refractivity (Wildman–Crippen MR) is 133 cm³/mol. The summed E-state index contributed by atoms with van der Waals surface area (Å²) in [7, 11) is 0. The van der Waals surface area contributed by atoms with Crippen molar-refractivity contribution in [1.29, 1.82) is 0 Å². The van der Waals surface area contributed by atoms with E-state index >= 15 is 0 Å². The number of hydrazone groups is 1. The van der Waals surface area contributed by atoms with E-state index in [0.717, 1.165) is 22.3 Å². The quantitative estimate of drug-likeness (QED) is 0.137. The maximum absolute atomic E-state index is 11.6. The Labute approximate surface area is 201 Å². The number of nitrogens with two attached hydrogens (primary N) is 2. The van der Waals surface area contributed by atoms with Gasteiger partial charge in [0.05, 0.1) is 5.41 Å². The van der Waals surface area contributed by atoms with Gasteiger partial charge in [-0.15, -0.1) is 0 Å². The molecule has 2 heterocycles. The highest BCUT2D eigenvalue weighted by Crippen LogP contribution is 2.48. The van der Waals surface area contributed by atoms with Crippen molar-refractivity contribution in [3.63, 3.8) is 0 Å². The summed E-state index contributed by atoms with van der Waals surface area (Å²) in [5.74, 6) is 5.77. The van der Waals surface area contributed by atoms with Gasteiger partial charge < -0.3 is 26.5 Å². The molecule has 0 saturated heterocycles. The normalized spacial score (nSPS) is 14.5. The minimum atomic E-state index is -0.751. The molecule has 0 radical (unpaired) electrons. The third kappa shape index (κ3) is 4.08. The summed E-state index contributed by atoms with van der Waals surface area (Å²) in [6.07, 6.45) is 1.38. The van der Waals surface area contributed by atoms with Gasteiger partial charge in [-0.05, 0) is 48.6 Å². The molecule has 6 N–H and O–H groups in total. The van der Waals surface area contributed by atoms with Crippen LogP contribution < -0.4 is 16.9 Å². The fourth-order valence-electron chi connectivity index (χ4n) is 4.10. The molecular weight excluding hydrogens is 444 g/mol. The maximum Gasteiger partial charge on any atom is 0.314 e. The minimum Gasteiger partial charge on any atom is -0.481 e. The van der Waals surface area contributed by atoms with Gasteiger partial charge in [0.25, 0.3) is 0 Å².